The number of ether oxygens (including phenoxy) is 1. The smallest absolute Gasteiger partial charge is 0.213 e. The van der Waals surface area contributed by atoms with Crippen molar-refractivity contribution >= 4 is 11.6 Å². The number of hydrogen-bond donors (Lipinski definition) is 0. The van der Waals surface area contributed by atoms with E-state index >= 15 is 0 Å². The van der Waals surface area contributed by atoms with E-state index in [0.29, 0.717) is 5.02 Å². The zero-order valence-corrected chi connectivity index (χ0v) is 5.72. The Morgan fingerprint density at radius 1 is 1.90 bits per heavy atom. The van der Waals surface area contributed by atoms with Crippen LogP contribution in [0.15, 0.2) is 18.3 Å². The molecule has 0 aromatic carbocycles. The zero-order valence-electron chi connectivity index (χ0n) is 9.97. The Labute approximate surface area is 71.8 Å². The van der Waals surface area contributed by atoms with E-state index in [0.717, 1.165) is 0 Å². The minimum absolute atomic E-state index is 0.125. The van der Waals surface area contributed by atoms with Gasteiger partial charge in [-0.1, -0.05) is 11.6 Å². The van der Waals surface area contributed by atoms with Crippen LogP contribution in [0.1, 0.15) is 13.7 Å². The van der Waals surface area contributed by atoms with E-state index < -0.39 is 13.4 Å². The Hall–Kier alpha value is -0.760. The summed E-state index contributed by atoms with van der Waals surface area (Å²) in [6.45, 7) is -5.64. The Morgan fingerprint density at radius 3 is 3.40 bits per heavy atom. The molecule has 1 aromatic heterocycles. The van der Waals surface area contributed by atoms with Gasteiger partial charge in [-0.05, 0) is 12.9 Å². The first-order valence-electron chi connectivity index (χ1n) is 5.03. The molecule has 0 fully saturated rings. The minimum atomic E-state index is -2.87. The maximum Gasteiger partial charge on any atom is 0.213 e. The van der Waals surface area contributed by atoms with Gasteiger partial charge in [0.2, 0.25) is 5.88 Å². The van der Waals surface area contributed by atoms with Crippen molar-refractivity contribution in [3.63, 3.8) is 0 Å². The molecule has 1 heterocycles. The molecule has 2 nitrogen and oxygen atoms in total. The average molecular weight is 163 g/mol. The van der Waals surface area contributed by atoms with E-state index in [9.17, 15) is 0 Å². The van der Waals surface area contributed by atoms with Gasteiger partial charge in [0, 0.05) is 16.4 Å². The fourth-order valence-corrected chi connectivity index (χ4v) is 0.587. The molecule has 0 aliphatic rings. The second-order valence-electron chi connectivity index (χ2n) is 1.52. The average Bonchev–Trinajstić information content (AvgIpc) is 2.06. The SMILES string of the molecule is [2H]C([2H])([2H])C([2H])([2H])Oc1ccc(Cl)cn1. The zero-order chi connectivity index (χ0) is 11.7. The van der Waals surface area contributed by atoms with E-state index in [1.807, 2.05) is 0 Å². The molecule has 0 radical (unpaired) electrons. The number of aromatic nitrogens is 1. The van der Waals surface area contributed by atoms with Gasteiger partial charge in [-0.2, -0.15) is 0 Å². The van der Waals surface area contributed by atoms with Gasteiger partial charge in [-0.3, -0.25) is 0 Å². The van der Waals surface area contributed by atoms with Crippen LogP contribution in [0.5, 0.6) is 5.88 Å². The number of pyridine rings is 1. The molecule has 0 saturated heterocycles. The summed E-state index contributed by atoms with van der Waals surface area (Å²) in [6.07, 6.45) is 1.24. The molecule has 0 amide bonds. The van der Waals surface area contributed by atoms with Crippen molar-refractivity contribution in [1.29, 1.82) is 0 Å². The monoisotopic (exact) mass is 162 g/mol. The lowest BCUT2D eigenvalue weighted by Gasteiger charge is -1.99. The maximum atomic E-state index is 7.18. The number of hydrogen-bond acceptors (Lipinski definition) is 2. The first kappa shape index (κ1) is 3.09. The van der Waals surface area contributed by atoms with Crippen LogP contribution in [0.2, 0.25) is 5.02 Å². The van der Waals surface area contributed by atoms with Crippen molar-refractivity contribution < 1.29 is 11.6 Å². The van der Waals surface area contributed by atoms with E-state index in [1.54, 1.807) is 0 Å². The third-order valence-corrected chi connectivity index (χ3v) is 1.08. The lowest BCUT2D eigenvalue weighted by Crippen LogP contribution is -1.92. The third kappa shape index (κ3) is 1.88. The van der Waals surface area contributed by atoms with Crippen molar-refractivity contribution in [1.82, 2.24) is 4.98 Å². The predicted molar refractivity (Wildman–Crippen MR) is 40.4 cm³/mol. The second kappa shape index (κ2) is 3.42. The van der Waals surface area contributed by atoms with E-state index in [2.05, 4.69) is 9.72 Å². The molecule has 0 N–H and O–H groups in total. The number of nitrogens with zero attached hydrogens (tertiary/aromatic N) is 1. The molecule has 0 atom stereocenters. The topological polar surface area (TPSA) is 22.1 Å². The van der Waals surface area contributed by atoms with Crippen molar-refractivity contribution in [3.05, 3.63) is 23.4 Å². The lowest BCUT2D eigenvalue weighted by atomic mass is 10.5. The fraction of sp³-hybridized carbons (Fsp3) is 0.286. The number of rotatable bonds is 2. The molecular weight excluding hydrogens is 150 g/mol. The van der Waals surface area contributed by atoms with Gasteiger partial charge in [0.25, 0.3) is 0 Å². The third-order valence-electron chi connectivity index (χ3n) is 0.856. The van der Waals surface area contributed by atoms with Crippen LogP contribution in [0.4, 0.5) is 0 Å². The van der Waals surface area contributed by atoms with Crippen molar-refractivity contribution in [2.75, 3.05) is 6.56 Å². The standard InChI is InChI=1S/C7H8ClNO/c1-2-10-7-4-3-6(8)5-9-7/h3-5H,2H2,1H3/i1D3,2D2. The van der Waals surface area contributed by atoms with Crippen LogP contribution in [-0.4, -0.2) is 11.5 Å². The normalized spacial score (nSPS) is 19.5. The molecule has 0 aliphatic heterocycles. The largest absolute Gasteiger partial charge is 0.478 e. The summed E-state index contributed by atoms with van der Waals surface area (Å²) in [5.41, 5.74) is 0. The Balaban J connectivity index is 2.82. The summed E-state index contributed by atoms with van der Waals surface area (Å²) < 4.78 is 39.7. The summed E-state index contributed by atoms with van der Waals surface area (Å²) in [5, 5.41) is 0.358. The van der Waals surface area contributed by atoms with Gasteiger partial charge < -0.3 is 4.74 Å². The Morgan fingerprint density at radius 2 is 2.80 bits per heavy atom. The van der Waals surface area contributed by atoms with Crippen molar-refractivity contribution in [3.8, 4) is 5.88 Å². The molecule has 0 bridgehead atoms. The fourth-order valence-electron chi connectivity index (χ4n) is 0.475. The van der Waals surface area contributed by atoms with Gasteiger partial charge in [0.1, 0.15) is 0 Å². The highest BCUT2D eigenvalue weighted by atomic mass is 35.5. The van der Waals surface area contributed by atoms with Crippen molar-refractivity contribution in [2.45, 2.75) is 6.85 Å². The minimum Gasteiger partial charge on any atom is -0.478 e. The number of halogens is 1. The quantitative estimate of drug-likeness (QED) is 0.665. The van der Waals surface area contributed by atoms with Crippen LogP contribution in [-0.2, 0) is 0 Å². The molecular formula is C7H8ClNO. The summed E-state index contributed by atoms with van der Waals surface area (Å²) >= 11 is 5.55. The molecule has 0 saturated carbocycles. The molecule has 3 heteroatoms. The highest BCUT2D eigenvalue weighted by Crippen LogP contribution is 2.10. The van der Waals surface area contributed by atoms with Gasteiger partial charge in [-0.25, -0.2) is 4.98 Å². The summed E-state index contributed by atoms with van der Waals surface area (Å²) in [7, 11) is 0. The molecule has 1 rings (SSSR count). The Bertz CT molecular complexity index is 336. The molecule has 10 heavy (non-hydrogen) atoms. The summed E-state index contributed by atoms with van der Waals surface area (Å²) in [6, 6.07) is 2.73. The van der Waals surface area contributed by atoms with Crippen LogP contribution in [0, 0.1) is 0 Å². The Kier molecular flexibility index (Phi) is 1.06. The van der Waals surface area contributed by atoms with Gasteiger partial charge in [-0.15, -0.1) is 0 Å². The van der Waals surface area contributed by atoms with Gasteiger partial charge >= 0.3 is 0 Å². The van der Waals surface area contributed by atoms with Crippen LogP contribution in [0.3, 0.4) is 0 Å². The first-order chi connectivity index (χ1) is 6.72. The summed E-state index contributed by atoms with van der Waals surface area (Å²) in [4.78, 5) is 3.63. The van der Waals surface area contributed by atoms with Crippen LogP contribution in [0.25, 0.3) is 0 Å². The molecule has 0 unspecified atom stereocenters. The summed E-state index contributed by atoms with van der Waals surface area (Å²) in [5.74, 6) is -0.125. The first-order valence-corrected chi connectivity index (χ1v) is 2.91. The van der Waals surface area contributed by atoms with Crippen LogP contribution >= 0.6 is 11.6 Å². The van der Waals surface area contributed by atoms with Gasteiger partial charge in [0.15, 0.2) is 0 Å². The maximum absolute atomic E-state index is 7.18. The van der Waals surface area contributed by atoms with E-state index in [1.165, 1.54) is 18.3 Å². The van der Waals surface area contributed by atoms with E-state index in [4.69, 9.17) is 18.5 Å². The predicted octanol–water partition coefficient (Wildman–Crippen LogP) is 2.13. The highest BCUT2D eigenvalue weighted by Gasteiger charge is 1.90. The molecule has 54 valence electrons. The van der Waals surface area contributed by atoms with Gasteiger partial charge in [0.05, 0.1) is 14.3 Å². The lowest BCUT2D eigenvalue weighted by molar-refractivity contribution is 0.327. The molecule has 0 spiro atoms. The van der Waals surface area contributed by atoms with Crippen LogP contribution < -0.4 is 4.74 Å². The highest BCUT2D eigenvalue weighted by molar-refractivity contribution is 6.30. The van der Waals surface area contributed by atoms with E-state index in [-0.39, 0.29) is 5.88 Å². The molecule has 0 aliphatic carbocycles. The van der Waals surface area contributed by atoms with Crippen molar-refractivity contribution in [2.24, 2.45) is 0 Å². The second-order valence-corrected chi connectivity index (χ2v) is 1.96. The molecule has 1 aromatic rings.